The number of ether oxygens (including phenoxy) is 4. The second-order valence-corrected chi connectivity index (χ2v) is 7.53. The average Bonchev–Trinajstić information content (AvgIpc) is 3.17. The molecule has 156 valence electrons. The topological polar surface area (TPSA) is 108 Å². The van der Waals surface area contributed by atoms with Crippen molar-refractivity contribution in [2.75, 3.05) is 6.79 Å². The highest BCUT2D eigenvalue weighted by molar-refractivity contribution is 6.07. The summed E-state index contributed by atoms with van der Waals surface area (Å²) in [6.45, 7) is 2.88. The number of hydrogen-bond acceptors (Lipinski definition) is 8. The summed E-state index contributed by atoms with van der Waals surface area (Å²) in [6.07, 6.45) is -1.50. The van der Waals surface area contributed by atoms with Crippen LogP contribution in [0.1, 0.15) is 35.9 Å². The summed E-state index contributed by atoms with van der Waals surface area (Å²) in [6, 6.07) is 12.8. The molecule has 0 aromatic heterocycles. The highest BCUT2D eigenvalue weighted by Gasteiger charge is 2.52. The Morgan fingerprint density at radius 3 is 2.30 bits per heavy atom. The molecule has 8 heteroatoms. The molecule has 4 rings (SSSR count). The van der Waals surface area contributed by atoms with E-state index in [2.05, 4.69) is 0 Å². The summed E-state index contributed by atoms with van der Waals surface area (Å²) in [7, 11) is 0. The van der Waals surface area contributed by atoms with Gasteiger partial charge < -0.3 is 24.1 Å². The van der Waals surface area contributed by atoms with E-state index in [4.69, 9.17) is 18.9 Å². The van der Waals surface area contributed by atoms with Crippen molar-refractivity contribution in [2.45, 2.75) is 25.7 Å². The lowest BCUT2D eigenvalue weighted by molar-refractivity contribution is -0.243. The lowest BCUT2D eigenvalue weighted by atomic mass is 9.78. The average molecular weight is 412 g/mol. The fraction of sp³-hybridized carbons (Fsp3) is 0.318. The van der Waals surface area contributed by atoms with Crippen molar-refractivity contribution in [3.8, 4) is 11.5 Å². The van der Waals surface area contributed by atoms with E-state index in [9.17, 15) is 19.5 Å². The van der Waals surface area contributed by atoms with Crippen LogP contribution in [0.2, 0.25) is 0 Å². The highest BCUT2D eigenvalue weighted by atomic mass is 16.7. The van der Waals surface area contributed by atoms with Crippen LogP contribution < -0.4 is 9.47 Å². The summed E-state index contributed by atoms with van der Waals surface area (Å²) >= 11 is 0. The molecule has 0 amide bonds. The molecule has 2 heterocycles. The van der Waals surface area contributed by atoms with Crippen LogP contribution in [0, 0.1) is 11.8 Å². The summed E-state index contributed by atoms with van der Waals surface area (Å²) in [5.41, 5.74) is 0.534. The molecule has 0 unspecified atom stereocenters. The molecule has 0 aliphatic carbocycles. The molecule has 1 N–H and O–H groups in total. The van der Waals surface area contributed by atoms with Crippen molar-refractivity contribution >= 4 is 17.7 Å². The lowest BCUT2D eigenvalue weighted by Gasteiger charge is -2.36. The molecule has 8 nitrogen and oxygen atoms in total. The van der Waals surface area contributed by atoms with Crippen LogP contribution in [-0.2, 0) is 19.1 Å². The Hall–Kier alpha value is -3.39. The van der Waals surface area contributed by atoms with Gasteiger partial charge >= 0.3 is 11.9 Å². The van der Waals surface area contributed by atoms with Gasteiger partial charge in [-0.3, -0.25) is 14.4 Å². The second-order valence-electron chi connectivity index (χ2n) is 7.53. The van der Waals surface area contributed by atoms with Gasteiger partial charge in [0.05, 0.1) is 12.0 Å². The number of cyclic esters (lactones) is 2. The standard InChI is InChI=1S/C22H20O8/c1-22(2)29-20(25)17(21(26)30-22)16(18(23)12-6-4-3-5-7-12)19(24)13-8-9-14-15(10-13)28-11-27-14/h3-10,16-17,19,24H,11H2,1-2H3/t16-,19-/m1/s1. The normalized spacial score (nSPS) is 19.6. The maximum atomic E-state index is 13.3. The molecule has 0 bridgehead atoms. The van der Waals surface area contributed by atoms with Crippen molar-refractivity contribution in [3.63, 3.8) is 0 Å². The number of ketones is 1. The molecule has 2 aromatic rings. The zero-order valence-electron chi connectivity index (χ0n) is 16.4. The Balaban J connectivity index is 1.75. The molecule has 1 saturated heterocycles. The van der Waals surface area contributed by atoms with E-state index in [1.54, 1.807) is 42.5 Å². The number of hydrogen-bond donors (Lipinski definition) is 1. The van der Waals surface area contributed by atoms with Crippen molar-refractivity contribution in [3.05, 3.63) is 59.7 Å². The van der Waals surface area contributed by atoms with E-state index in [0.717, 1.165) is 0 Å². The Labute approximate surface area is 172 Å². The summed E-state index contributed by atoms with van der Waals surface area (Å²) in [5, 5.41) is 11.1. The van der Waals surface area contributed by atoms with Crippen molar-refractivity contribution < 1.29 is 38.4 Å². The molecule has 30 heavy (non-hydrogen) atoms. The third-order valence-corrected chi connectivity index (χ3v) is 5.00. The molecular weight excluding hydrogens is 392 g/mol. The fourth-order valence-corrected chi connectivity index (χ4v) is 3.60. The fourth-order valence-electron chi connectivity index (χ4n) is 3.60. The van der Waals surface area contributed by atoms with Gasteiger partial charge in [0.15, 0.2) is 23.2 Å². The Morgan fingerprint density at radius 2 is 1.63 bits per heavy atom. The van der Waals surface area contributed by atoms with Crippen LogP contribution in [-0.4, -0.2) is 35.4 Å². The maximum Gasteiger partial charge on any atom is 0.324 e. The predicted molar refractivity (Wildman–Crippen MR) is 102 cm³/mol. The number of aliphatic hydroxyl groups is 1. The van der Waals surface area contributed by atoms with Crippen LogP contribution in [0.3, 0.4) is 0 Å². The van der Waals surface area contributed by atoms with E-state index in [1.165, 1.54) is 19.9 Å². The number of carbonyl (C=O) groups is 3. The van der Waals surface area contributed by atoms with Gasteiger partial charge in [-0.1, -0.05) is 36.4 Å². The maximum absolute atomic E-state index is 13.3. The number of Topliss-reactive ketones (excluding diaryl/α,β-unsaturated/α-hetero) is 1. The van der Waals surface area contributed by atoms with E-state index in [-0.39, 0.29) is 12.4 Å². The summed E-state index contributed by atoms with van der Waals surface area (Å²) < 4.78 is 21.0. The van der Waals surface area contributed by atoms with Crippen LogP contribution >= 0.6 is 0 Å². The minimum atomic E-state index is -1.62. The first-order valence-corrected chi connectivity index (χ1v) is 9.39. The van der Waals surface area contributed by atoms with E-state index in [1.807, 2.05) is 0 Å². The van der Waals surface area contributed by atoms with Gasteiger partial charge in [0.1, 0.15) is 0 Å². The number of benzene rings is 2. The minimum Gasteiger partial charge on any atom is -0.454 e. The number of aliphatic hydroxyl groups excluding tert-OH is 1. The van der Waals surface area contributed by atoms with E-state index >= 15 is 0 Å². The first-order chi connectivity index (χ1) is 14.3. The smallest absolute Gasteiger partial charge is 0.324 e. The monoisotopic (exact) mass is 412 g/mol. The first kappa shape index (κ1) is 19.9. The van der Waals surface area contributed by atoms with Crippen molar-refractivity contribution in [1.29, 1.82) is 0 Å². The molecule has 0 spiro atoms. The lowest BCUT2D eigenvalue weighted by Crippen LogP contribution is -2.51. The van der Waals surface area contributed by atoms with Crippen LogP contribution in [0.15, 0.2) is 48.5 Å². The van der Waals surface area contributed by atoms with Gasteiger partial charge in [-0.2, -0.15) is 0 Å². The summed E-state index contributed by atoms with van der Waals surface area (Å²) in [4.78, 5) is 38.7. The molecule has 0 radical (unpaired) electrons. The SMILES string of the molecule is CC1(C)OC(=O)C([C@H](C(=O)c2ccccc2)[C@H](O)c2ccc3c(c2)OCO3)C(=O)O1. The number of esters is 2. The quantitative estimate of drug-likeness (QED) is 0.453. The van der Waals surface area contributed by atoms with Crippen LogP contribution in [0.4, 0.5) is 0 Å². The first-order valence-electron chi connectivity index (χ1n) is 9.39. The van der Waals surface area contributed by atoms with Gasteiger partial charge in [0, 0.05) is 19.4 Å². The van der Waals surface area contributed by atoms with Gasteiger partial charge in [0.2, 0.25) is 6.79 Å². The van der Waals surface area contributed by atoms with Crippen molar-refractivity contribution in [1.82, 2.24) is 0 Å². The molecule has 2 aliphatic heterocycles. The molecule has 1 fully saturated rings. The van der Waals surface area contributed by atoms with Gasteiger partial charge in [-0.05, 0) is 17.7 Å². The van der Waals surface area contributed by atoms with E-state index in [0.29, 0.717) is 17.1 Å². The molecule has 2 atom stereocenters. The molecule has 0 saturated carbocycles. The Bertz CT molecular complexity index is 977. The van der Waals surface area contributed by atoms with Gasteiger partial charge in [-0.15, -0.1) is 0 Å². The number of carbonyl (C=O) groups excluding carboxylic acids is 3. The van der Waals surface area contributed by atoms with Crippen LogP contribution in [0.25, 0.3) is 0 Å². The second kappa shape index (κ2) is 7.46. The van der Waals surface area contributed by atoms with Gasteiger partial charge in [0.25, 0.3) is 5.79 Å². The number of fused-ring (bicyclic) bond motifs is 1. The zero-order valence-corrected chi connectivity index (χ0v) is 16.4. The Kier molecular flexibility index (Phi) is 4.95. The minimum absolute atomic E-state index is 0.0393. The third-order valence-electron chi connectivity index (χ3n) is 5.00. The summed E-state index contributed by atoms with van der Waals surface area (Å²) in [5.74, 6) is -6.07. The zero-order chi connectivity index (χ0) is 21.5. The highest BCUT2D eigenvalue weighted by Crippen LogP contribution is 2.40. The molecule has 2 aromatic carbocycles. The molecule has 2 aliphatic rings. The third kappa shape index (κ3) is 3.61. The Morgan fingerprint density at radius 1 is 1.00 bits per heavy atom. The molecular formula is C22H20O8. The van der Waals surface area contributed by atoms with Crippen LogP contribution in [0.5, 0.6) is 11.5 Å². The van der Waals surface area contributed by atoms with Gasteiger partial charge in [-0.25, -0.2) is 0 Å². The number of rotatable bonds is 5. The van der Waals surface area contributed by atoms with Crippen molar-refractivity contribution in [2.24, 2.45) is 11.8 Å². The largest absolute Gasteiger partial charge is 0.454 e. The predicted octanol–water partition coefficient (Wildman–Crippen LogP) is 2.40. The van der Waals surface area contributed by atoms with E-state index < -0.39 is 41.4 Å².